The van der Waals surface area contributed by atoms with Crippen molar-refractivity contribution in [2.24, 2.45) is 0 Å². The van der Waals surface area contributed by atoms with Gasteiger partial charge in [-0.05, 0) is 35.4 Å². The molecular formula is C15H13BrN2. The first kappa shape index (κ1) is 12.7. The van der Waals surface area contributed by atoms with Crippen molar-refractivity contribution in [3.8, 4) is 6.07 Å². The predicted molar refractivity (Wildman–Crippen MR) is 77.2 cm³/mol. The number of nitriles is 1. The number of nitrogens with zero attached hydrogens (tertiary/aromatic N) is 1. The van der Waals surface area contributed by atoms with Crippen LogP contribution in [0.5, 0.6) is 0 Å². The number of anilines is 1. The summed E-state index contributed by atoms with van der Waals surface area (Å²) in [6.45, 7) is 0.789. The maximum Gasteiger partial charge on any atom is 0.0669 e. The van der Waals surface area contributed by atoms with Gasteiger partial charge in [0.05, 0.1) is 12.5 Å². The average Bonchev–Trinajstić information content (AvgIpc) is 2.38. The van der Waals surface area contributed by atoms with Crippen molar-refractivity contribution < 1.29 is 0 Å². The van der Waals surface area contributed by atoms with Crippen LogP contribution in [0, 0.1) is 11.3 Å². The van der Waals surface area contributed by atoms with Gasteiger partial charge in [-0.3, -0.25) is 0 Å². The first-order chi connectivity index (χ1) is 8.78. The largest absolute Gasteiger partial charge is 0.381 e. The van der Waals surface area contributed by atoms with Gasteiger partial charge in [0.1, 0.15) is 0 Å². The highest BCUT2D eigenvalue weighted by Gasteiger charge is 1.96. The van der Waals surface area contributed by atoms with Crippen LogP contribution < -0.4 is 5.32 Å². The van der Waals surface area contributed by atoms with E-state index >= 15 is 0 Å². The number of nitrogens with one attached hydrogen (secondary N) is 1. The predicted octanol–water partition coefficient (Wildman–Crippen LogP) is 4.13. The summed E-state index contributed by atoms with van der Waals surface area (Å²) in [6, 6.07) is 18.3. The number of benzene rings is 2. The van der Waals surface area contributed by atoms with Gasteiger partial charge in [-0.25, -0.2) is 0 Å². The van der Waals surface area contributed by atoms with Crippen LogP contribution in [-0.4, -0.2) is 0 Å². The van der Waals surface area contributed by atoms with Crippen LogP contribution in [0.4, 0.5) is 5.69 Å². The molecule has 0 heterocycles. The Hall–Kier alpha value is -1.79. The first-order valence-electron chi connectivity index (χ1n) is 5.72. The van der Waals surface area contributed by atoms with E-state index in [1.807, 2.05) is 36.4 Å². The summed E-state index contributed by atoms with van der Waals surface area (Å²) in [4.78, 5) is 0. The number of hydrogen-bond donors (Lipinski definition) is 1. The average molecular weight is 301 g/mol. The molecule has 2 aromatic carbocycles. The maximum absolute atomic E-state index is 8.60. The minimum atomic E-state index is 0.464. The van der Waals surface area contributed by atoms with Crippen molar-refractivity contribution >= 4 is 21.6 Å². The zero-order chi connectivity index (χ0) is 12.8. The van der Waals surface area contributed by atoms with E-state index in [-0.39, 0.29) is 0 Å². The summed E-state index contributed by atoms with van der Waals surface area (Å²) in [7, 11) is 0. The zero-order valence-electron chi connectivity index (χ0n) is 9.86. The Labute approximate surface area is 115 Å². The zero-order valence-corrected chi connectivity index (χ0v) is 11.4. The Morgan fingerprint density at radius 3 is 2.50 bits per heavy atom. The van der Waals surface area contributed by atoms with E-state index in [2.05, 4.69) is 39.4 Å². The lowest BCUT2D eigenvalue weighted by atomic mass is 10.1. The fourth-order valence-electron chi connectivity index (χ4n) is 1.68. The second kappa shape index (κ2) is 6.23. The fraction of sp³-hybridized carbons (Fsp3) is 0.133. The molecule has 0 unspecified atom stereocenters. The number of halogens is 1. The highest BCUT2D eigenvalue weighted by Crippen LogP contribution is 2.14. The monoisotopic (exact) mass is 300 g/mol. The van der Waals surface area contributed by atoms with Crippen molar-refractivity contribution in [3.63, 3.8) is 0 Å². The Morgan fingerprint density at radius 1 is 1.06 bits per heavy atom. The van der Waals surface area contributed by atoms with Gasteiger partial charge < -0.3 is 5.32 Å². The topological polar surface area (TPSA) is 35.8 Å². The summed E-state index contributed by atoms with van der Waals surface area (Å²) in [5.74, 6) is 0. The van der Waals surface area contributed by atoms with Gasteiger partial charge in [-0.2, -0.15) is 5.26 Å². The molecule has 0 bridgehead atoms. The maximum atomic E-state index is 8.60. The first-order valence-corrected chi connectivity index (χ1v) is 6.51. The molecule has 0 aliphatic rings. The molecule has 3 heteroatoms. The quantitative estimate of drug-likeness (QED) is 0.921. The molecule has 0 amide bonds. The summed E-state index contributed by atoms with van der Waals surface area (Å²) < 4.78 is 1.09. The highest BCUT2D eigenvalue weighted by molar-refractivity contribution is 9.10. The molecule has 1 N–H and O–H groups in total. The minimum absolute atomic E-state index is 0.464. The standard InChI is InChI=1S/C15H13BrN2/c16-14-3-1-2-13(10-14)11-18-15-6-4-12(5-7-15)8-9-17/h1-7,10,18H,8,11H2. The normalized spacial score (nSPS) is 9.78. The molecule has 0 saturated heterocycles. The van der Waals surface area contributed by atoms with Gasteiger partial charge >= 0.3 is 0 Å². The van der Waals surface area contributed by atoms with Crippen LogP contribution in [0.1, 0.15) is 11.1 Å². The molecule has 0 atom stereocenters. The van der Waals surface area contributed by atoms with Crippen LogP contribution in [0.15, 0.2) is 53.0 Å². The lowest BCUT2D eigenvalue weighted by Crippen LogP contribution is -1.99. The van der Waals surface area contributed by atoms with Gasteiger partial charge in [0, 0.05) is 16.7 Å². The Kier molecular flexibility index (Phi) is 4.38. The lowest BCUT2D eigenvalue weighted by Gasteiger charge is -2.07. The summed E-state index contributed by atoms with van der Waals surface area (Å²) in [5.41, 5.74) is 3.34. The molecule has 0 radical (unpaired) electrons. The Bertz CT molecular complexity index is 555. The molecular weight excluding hydrogens is 288 g/mol. The molecule has 18 heavy (non-hydrogen) atoms. The molecule has 0 saturated carbocycles. The van der Waals surface area contributed by atoms with Gasteiger partial charge in [0.15, 0.2) is 0 Å². The van der Waals surface area contributed by atoms with E-state index in [0.717, 1.165) is 22.3 Å². The smallest absolute Gasteiger partial charge is 0.0669 e. The van der Waals surface area contributed by atoms with E-state index in [1.54, 1.807) is 0 Å². The van der Waals surface area contributed by atoms with Crippen molar-refractivity contribution in [1.82, 2.24) is 0 Å². The molecule has 0 aliphatic carbocycles. The molecule has 2 aromatic rings. The molecule has 2 rings (SSSR count). The molecule has 0 aromatic heterocycles. The van der Waals surface area contributed by atoms with Crippen LogP contribution in [0.2, 0.25) is 0 Å². The van der Waals surface area contributed by atoms with E-state index < -0.39 is 0 Å². The Morgan fingerprint density at radius 2 is 1.83 bits per heavy atom. The van der Waals surface area contributed by atoms with Gasteiger partial charge in [0.25, 0.3) is 0 Å². The summed E-state index contributed by atoms with van der Waals surface area (Å²) in [6.07, 6.45) is 0.464. The molecule has 0 aliphatic heterocycles. The van der Waals surface area contributed by atoms with Crippen LogP contribution in [-0.2, 0) is 13.0 Å². The molecule has 0 fully saturated rings. The van der Waals surface area contributed by atoms with Crippen molar-refractivity contribution in [3.05, 3.63) is 64.1 Å². The molecule has 0 spiro atoms. The van der Waals surface area contributed by atoms with Crippen LogP contribution in [0.3, 0.4) is 0 Å². The second-order valence-corrected chi connectivity index (χ2v) is 4.93. The summed E-state index contributed by atoms with van der Waals surface area (Å²) in [5, 5.41) is 12.0. The third kappa shape index (κ3) is 3.61. The van der Waals surface area contributed by atoms with Gasteiger partial charge in [0.2, 0.25) is 0 Å². The van der Waals surface area contributed by atoms with Gasteiger partial charge in [-0.1, -0.05) is 40.2 Å². The third-order valence-electron chi connectivity index (χ3n) is 2.62. The second-order valence-electron chi connectivity index (χ2n) is 4.02. The van der Waals surface area contributed by atoms with Crippen molar-refractivity contribution in [1.29, 1.82) is 5.26 Å². The summed E-state index contributed by atoms with van der Waals surface area (Å²) >= 11 is 3.46. The highest BCUT2D eigenvalue weighted by atomic mass is 79.9. The molecule has 2 nitrogen and oxygen atoms in total. The minimum Gasteiger partial charge on any atom is -0.381 e. The third-order valence-corrected chi connectivity index (χ3v) is 3.12. The van der Waals surface area contributed by atoms with Gasteiger partial charge in [-0.15, -0.1) is 0 Å². The fourth-order valence-corrected chi connectivity index (χ4v) is 2.13. The SMILES string of the molecule is N#CCc1ccc(NCc2cccc(Br)c2)cc1. The van der Waals surface area contributed by atoms with Crippen molar-refractivity contribution in [2.45, 2.75) is 13.0 Å². The molecule has 90 valence electrons. The van der Waals surface area contributed by atoms with E-state index in [0.29, 0.717) is 6.42 Å². The van der Waals surface area contributed by atoms with E-state index in [4.69, 9.17) is 5.26 Å². The van der Waals surface area contributed by atoms with E-state index in [1.165, 1.54) is 5.56 Å². The van der Waals surface area contributed by atoms with E-state index in [9.17, 15) is 0 Å². The van der Waals surface area contributed by atoms with Crippen molar-refractivity contribution in [2.75, 3.05) is 5.32 Å². The van der Waals surface area contributed by atoms with Crippen LogP contribution in [0.25, 0.3) is 0 Å². The number of hydrogen-bond acceptors (Lipinski definition) is 2. The van der Waals surface area contributed by atoms with Crippen LogP contribution >= 0.6 is 15.9 Å². The number of rotatable bonds is 4. The Balaban J connectivity index is 1.96. The lowest BCUT2D eigenvalue weighted by molar-refractivity contribution is 1.14.